The number of rotatable bonds is 7. The normalized spacial score (nSPS) is 12.0. The lowest BCUT2D eigenvalue weighted by Crippen LogP contribution is -2.21. The molecule has 0 aliphatic carbocycles. The number of nitrogens with zero attached hydrogens (tertiary/aromatic N) is 1. The minimum Gasteiger partial charge on any atom is -0.456 e. The Morgan fingerprint density at radius 3 is 2.43 bits per heavy atom. The van der Waals surface area contributed by atoms with Crippen molar-refractivity contribution in [3.05, 3.63) is 74.8 Å². The molecule has 0 N–H and O–H groups in total. The number of carbonyl (C=O) groups excluding carboxylic acids is 2. The molecule has 30 heavy (non-hydrogen) atoms. The van der Waals surface area contributed by atoms with Gasteiger partial charge in [0.25, 0.3) is 5.69 Å². The summed E-state index contributed by atoms with van der Waals surface area (Å²) in [6.07, 6.45) is -5.62. The summed E-state index contributed by atoms with van der Waals surface area (Å²) in [6.45, 7) is 4.90. The Morgan fingerprint density at radius 2 is 1.93 bits per heavy atom. The zero-order valence-electron chi connectivity index (χ0n) is 15.2. The fourth-order valence-electron chi connectivity index (χ4n) is 2.21. The van der Waals surface area contributed by atoms with Gasteiger partial charge in [-0.1, -0.05) is 18.2 Å². The lowest BCUT2D eigenvalue weighted by atomic mass is 10.1. The van der Waals surface area contributed by atoms with E-state index >= 15 is 0 Å². The van der Waals surface area contributed by atoms with Crippen LogP contribution in [0.15, 0.2) is 48.6 Å². The van der Waals surface area contributed by atoms with Crippen LogP contribution < -0.4 is 4.74 Å². The van der Waals surface area contributed by atoms with Crippen molar-refractivity contribution in [2.45, 2.75) is 19.2 Å². The third kappa shape index (κ3) is 5.35. The van der Waals surface area contributed by atoms with Gasteiger partial charge in [-0.25, -0.2) is 4.79 Å². The van der Waals surface area contributed by atoms with Crippen LogP contribution in [0.5, 0.6) is 11.5 Å². The summed E-state index contributed by atoms with van der Waals surface area (Å²) < 4.78 is 48.5. The van der Waals surface area contributed by atoms with Gasteiger partial charge < -0.3 is 9.47 Å². The summed E-state index contributed by atoms with van der Waals surface area (Å²) in [6, 6.07) is 5.38. The largest absolute Gasteiger partial charge is 0.456 e. The van der Waals surface area contributed by atoms with Crippen molar-refractivity contribution in [1.29, 1.82) is 0 Å². The molecule has 1 unspecified atom stereocenters. The van der Waals surface area contributed by atoms with E-state index in [9.17, 15) is 32.9 Å². The van der Waals surface area contributed by atoms with E-state index in [1.165, 1.54) is 6.92 Å². The Kier molecular flexibility index (Phi) is 6.83. The van der Waals surface area contributed by atoms with Crippen LogP contribution >= 0.6 is 11.6 Å². The first-order chi connectivity index (χ1) is 13.9. The van der Waals surface area contributed by atoms with Gasteiger partial charge in [0.1, 0.15) is 17.1 Å². The van der Waals surface area contributed by atoms with Gasteiger partial charge in [0.15, 0.2) is 12.4 Å². The van der Waals surface area contributed by atoms with Crippen molar-refractivity contribution >= 4 is 29.5 Å². The van der Waals surface area contributed by atoms with Crippen molar-refractivity contribution in [1.82, 2.24) is 0 Å². The van der Waals surface area contributed by atoms with Gasteiger partial charge in [-0.05, 0) is 36.8 Å². The Morgan fingerprint density at radius 1 is 1.27 bits per heavy atom. The van der Waals surface area contributed by atoms with Gasteiger partial charge in [0, 0.05) is 12.1 Å². The number of carbonyl (C=O) groups is 2. The Bertz CT molecular complexity index is 1020. The number of nitro groups is 1. The summed E-state index contributed by atoms with van der Waals surface area (Å²) in [5, 5.41) is 10.8. The molecule has 2 aromatic carbocycles. The number of nitro benzene ring substituents is 1. The topological polar surface area (TPSA) is 95.7 Å². The number of halogens is 4. The van der Waals surface area contributed by atoms with Crippen LogP contribution in [-0.2, 0) is 15.7 Å². The second kappa shape index (κ2) is 8.95. The van der Waals surface area contributed by atoms with Crippen molar-refractivity contribution in [2.75, 3.05) is 0 Å². The molecule has 0 bridgehead atoms. The maximum absolute atomic E-state index is 12.7. The van der Waals surface area contributed by atoms with Crippen LogP contribution in [0.3, 0.4) is 0 Å². The summed E-state index contributed by atoms with van der Waals surface area (Å²) in [5.41, 5.74) is -1.96. The molecule has 0 saturated heterocycles. The molecule has 2 aromatic rings. The number of esters is 1. The van der Waals surface area contributed by atoms with Crippen molar-refractivity contribution in [2.24, 2.45) is 0 Å². The van der Waals surface area contributed by atoms with Crippen LogP contribution in [0.4, 0.5) is 18.9 Å². The number of ether oxygens (including phenoxy) is 2. The predicted molar refractivity (Wildman–Crippen MR) is 99.7 cm³/mol. The van der Waals surface area contributed by atoms with Gasteiger partial charge in [0.2, 0.25) is 0 Å². The molecule has 0 amide bonds. The second-order valence-corrected chi connectivity index (χ2v) is 6.40. The summed E-state index contributed by atoms with van der Waals surface area (Å²) >= 11 is 5.82. The molecule has 1 atom stereocenters. The lowest BCUT2D eigenvalue weighted by Gasteiger charge is -2.13. The molecule has 7 nitrogen and oxygen atoms in total. The highest BCUT2D eigenvalue weighted by molar-refractivity contribution is 6.32. The van der Waals surface area contributed by atoms with Crippen molar-refractivity contribution in [3.8, 4) is 11.5 Å². The van der Waals surface area contributed by atoms with E-state index in [0.29, 0.717) is 12.4 Å². The molecule has 0 fully saturated rings. The molecule has 0 heterocycles. The minimum absolute atomic E-state index is 0.132. The maximum atomic E-state index is 12.7. The molecular formula is C19H13ClF3NO6. The van der Waals surface area contributed by atoms with Gasteiger partial charge in [-0.15, -0.1) is 0 Å². The molecule has 0 aromatic heterocycles. The smallest absolute Gasteiger partial charge is 0.416 e. The second-order valence-electron chi connectivity index (χ2n) is 5.99. The van der Waals surface area contributed by atoms with Gasteiger partial charge >= 0.3 is 12.1 Å². The van der Waals surface area contributed by atoms with E-state index in [2.05, 4.69) is 6.58 Å². The molecule has 0 saturated carbocycles. The van der Waals surface area contributed by atoms with Crippen LogP contribution in [0.2, 0.25) is 5.02 Å². The standard InChI is InChI=1S/C19H13ClF3NO6/c1-10(2)17(9-25)30-18(26)13-8-12(4-5-15(13)24(27)28)29-16-6-3-11(7-14(16)20)19(21,22)23/h3-9,17H,1H2,2H3. The lowest BCUT2D eigenvalue weighted by molar-refractivity contribution is -0.385. The zero-order valence-corrected chi connectivity index (χ0v) is 16.0. The monoisotopic (exact) mass is 443 g/mol. The fraction of sp³-hybridized carbons (Fsp3) is 0.158. The third-order valence-corrected chi connectivity index (χ3v) is 4.01. The molecule has 0 spiro atoms. The first-order valence-corrected chi connectivity index (χ1v) is 8.46. The van der Waals surface area contributed by atoms with E-state index in [0.717, 1.165) is 30.3 Å². The average molecular weight is 444 g/mol. The van der Waals surface area contributed by atoms with Crippen LogP contribution in [0.25, 0.3) is 0 Å². The molecule has 0 aliphatic rings. The highest BCUT2D eigenvalue weighted by Crippen LogP contribution is 2.37. The van der Waals surface area contributed by atoms with E-state index in [1.807, 2.05) is 0 Å². The first kappa shape index (κ1) is 22.9. The number of hydrogen-bond donors (Lipinski definition) is 0. The molecule has 11 heteroatoms. The Hall–Kier alpha value is -3.40. The number of hydrogen-bond acceptors (Lipinski definition) is 6. The summed E-state index contributed by atoms with van der Waals surface area (Å²) in [5.74, 6) is -1.50. The number of alkyl halides is 3. The molecule has 0 aliphatic heterocycles. The summed E-state index contributed by atoms with van der Waals surface area (Å²) in [4.78, 5) is 33.7. The van der Waals surface area contributed by atoms with Gasteiger partial charge in [0.05, 0.1) is 15.5 Å². The van der Waals surface area contributed by atoms with Crippen LogP contribution in [-0.4, -0.2) is 23.3 Å². The Labute approximate surface area is 172 Å². The highest BCUT2D eigenvalue weighted by atomic mass is 35.5. The number of benzene rings is 2. The predicted octanol–water partition coefficient (Wildman–Crippen LogP) is 5.36. The van der Waals surface area contributed by atoms with Crippen molar-refractivity contribution in [3.63, 3.8) is 0 Å². The Balaban J connectivity index is 2.38. The molecule has 158 valence electrons. The van der Waals surface area contributed by atoms with E-state index in [4.69, 9.17) is 21.1 Å². The summed E-state index contributed by atoms with van der Waals surface area (Å²) in [7, 11) is 0. The van der Waals surface area contributed by atoms with Crippen LogP contribution in [0.1, 0.15) is 22.8 Å². The first-order valence-electron chi connectivity index (χ1n) is 8.08. The quantitative estimate of drug-likeness (QED) is 0.188. The van der Waals surface area contributed by atoms with Crippen molar-refractivity contribution < 1.29 is 37.2 Å². The van der Waals surface area contributed by atoms with Gasteiger partial charge in [-0.2, -0.15) is 13.2 Å². The van der Waals surface area contributed by atoms with E-state index < -0.39 is 40.0 Å². The molecule has 0 radical (unpaired) electrons. The van der Waals surface area contributed by atoms with E-state index in [-0.39, 0.29) is 22.1 Å². The average Bonchev–Trinajstić information content (AvgIpc) is 2.66. The van der Waals surface area contributed by atoms with Crippen LogP contribution in [0, 0.1) is 10.1 Å². The molecule has 2 rings (SSSR count). The fourth-order valence-corrected chi connectivity index (χ4v) is 2.43. The van der Waals surface area contributed by atoms with E-state index in [1.54, 1.807) is 0 Å². The highest BCUT2D eigenvalue weighted by Gasteiger charge is 2.31. The third-order valence-electron chi connectivity index (χ3n) is 3.71. The zero-order chi connectivity index (χ0) is 22.6. The number of aldehydes is 1. The minimum atomic E-state index is -4.61. The SMILES string of the molecule is C=C(C)C(C=O)OC(=O)c1cc(Oc2ccc(C(F)(F)F)cc2Cl)ccc1[N+](=O)[O-]. The molecular weight excluding hydrogens is 431 g/mol. The van der Waals surface area contributed by atoms with Gasteiger partial charge in [-0.3, -0.25) is 14.9 Å². The maximum Gasteiger partial charge on any atom is 0.416 e.